The van der Waals surface area contributed by atoms with Gasteiger partial charge in [0.2, 0.25) is 0 Å². The van der Waals surface area contributed by atoms with E-state index in [-0.39, 0.29) is 5.92 Å². The van der Waals surface area contributed by atoms with Crippen molar-refractivity contribution in [2.45, 2.75) is 19.8 Å². The number of carbonyl (C=O) groups excluding carboxylic acids is 1. The van der Waals surface area contributed by atoms with Gasteiger partial charge in [0.25, 0.3) is 0 Å². The largest absolute Gasteiger partial charge is 0.481 e. The number of hydrogen-bond donors (Lipinski definition) is 1. The topological polar surface area (TPSA) is 63.6 Å². The molecule has 0 aromatic heterocycles. The van der Waals surface area contributed by atoms with Crippen LogP contribution in [0, 0.1) is 24.2 Å². The van der Waals surface area contributed by atoms with Gasteiger partial charge in [-0.15, -0.1) is 0 Å². The Balaban J connectivity index is 2.71. The maximum atomic E-state index is 11.3. The predicted octanol–water partition coefficient (Wildman–Crippen LogP) is 1.11. The minimum absolute atomic E-state index is 0.222. The van der Waals surface area contributed by atoms with Crippen LogP contribution < -0.4 is 0 Å². The molecule has 1 aliphatic carbocycles. The molecule has 1 saturated carbocycles. The fourth-order valence-electron chi connectivity index (χ4n) is 2.03. The van der Waals surface area contributed by atoms with Crippen molar-refractivity contribution < 1.29 is 19.4 Å². The van der Waals surface area contributed by atoms with E-state index in [1.807, 2.05) is 13.3 Å². The van der Waals surface area contributed by atoms with Gasteiger partial charge in [-0.1, -0.05) is 0 Å². The third-order valence-electron chi connectivity index (χ3n) is 2.89. The monoisotopic (exact) mass is 199 g/mol. The quantitative estimate of drug-likeness (QED) is 0.546. The Morgan fingerprint density at radius 3 is 2.36 bits per heavy atom. The number of carboxylic acid groups (broad SMARTS) is 1. The van der Waals surface area contributed by atoms with Crippen molar-refractivity contribution >= 4 is 11.9 Å². The van der Waals surface area contributed by atoms with Crippen LogP contribution in [0.4, 0.5) is 0 Å². The van der Waals surface area contributed by atoms with E-state index in [0.717, 1.165) is 0 Å². The Hall–Kier alpha value is -1.19. The van der Waals surface area contributed by atoms with Crippen LogP contribution in [0.15, 0.2) is 0 Å². The molecule has 0 aliphatic heterocycles. The zero-order valence-electron chi connectivity index (χ0n) is 8.40. The van der Waals surface area contributed by atoms with Crippen molar-refractivity contribution in [3.05, 3.63) is 6.42 Å². The van der Waals surface area contributed by atoms with Gasteiger partial charge in [-0.3, -0.25) is 9.59 Å². The molecule has 14 heavy (non-hydrogen) atoms. The number of methoxy groups -OCH3 is 1. The van der Waals surface area contributed by atoms with Crippen LogP contribution in [0.25, 0.3) is 0 Å². The summed E-state index contributed by atoms with van der Waals surface area (Å²) in [5.74, 6) is -2.13. The van der Waals surface area contributed by atoms with Gasteiger partial charge in [0.05, 0.1) is 38.2 Å². The summed E-state index contributed by atoms with van der Waals surface area (Å²) < 4.78 is 4.59. The Morgan fingerprint density at radius 2 is 1.93 bits per heavy atom. The standard InChI is InChI=1S/C10H14O4/c1-3-6-4-7(9(11)12)8(5-6)10(13)14-2/h3,6-8H,4-5H2,1-2H3/p+1. The second-order valence-electron chi connectivity index (χ2n) is 3.64. The van der Waals surface area contributed by atoms with Gasteiger partial charge in [-0.25, -0.2) is 0 Å². The number of aliphatic carboxylic acids is 1. The summed E-state index contributed by atoms with van der Waals surface area (Å²) in [6.45, 7) is 1.89. The number of esters is 1. The van der Waals surface area contributed by atoms with E-state index >= 15 is 0 Å². The molecule has 1 fully saturated rings. The molecule has 3 atom stereocenters. The lowest BCUT2D eigenvalue weighted by Crippen LogP contribution is -2.26. The second kappa shape index (κ2) is 4.35. The zero-order valence-corrected chi connectivity index (χ0v) is 8.40. The zero-order chi connectivity index (χ0) is 10.7. The molecule has 78 valence electrons. The molecule has 3 unspecified atom stereocenters. The lowest BCUT2D eigenvalue weighted by molar-refractivity contribution is -0.154. The van der Waals surface area contributed by atoms with E-state index < -0.39 is 23.8 Å². The maximum Gasteiger partial charge on any atom is 0.309 e. The number of carboxylic acids is 1. The molecule has 1 aliphatic rings. The molecule has 0 spiro atoms. The van der Waals surface area contributed by atoms with Crippen molar-refractivity contribution in [2.24, 2.45) is 17.8 Å². The van der Waals surface area contributed by atoms with E-state index in [9.17, 15) is 9.59 Å². The molecule has 0 amide bonds. The van der Waals surface area contributed by atoms with Crippen molar-refractivity contribution in [3.63, 3.8) is 0 Å². The molecule has 0 saturated heterocycles. The van der Waals surface area contributed by atoms with Crippen LogP contribution >= 0.6 is 0 Å². The van der Waals surface area contributed by atoms with Gasteiger partial charge in [0, 0.05) is 12.8 Å². The highest BCUT2D eigenvalue weighted by molar-refractivity contribution is 5.81. The fraction of sp³-hybridized carbons (Fsp3) is 0.700. The fourth-order valence-corrected chi connectivity index (χ4v) is 2.03. The summed E-state index contributed by atoms with van der Waals surface area (Å²) >= 11 is 0. The number of carbonyl (C=O) groups is 2. The summed E-state index contributed by atoms with van der Waals surface area (Å²) in [5, 5.41) is 8.92. The minimum atomic E-state index is -0.898. The van der Waals surface area contributed by atoms with E-state index in [0.29, 0.717) is 12.8 Å². The Kier molecular flexibility index (Phi) is 3.38. The van der Waals surface area contributed by atoms with E-state index in [1.165, 1.54) is 7.11 Å². The summed E-state index contributed by atoms with van der Waals surface area (Å²) in [6.07, 6.45) is 3.10. The average molecular weight is 199 g/mol. The minimum Gasteiger partial charge on any atom is -0.481 e. The first-order valence-electron chi connectivity index (χ1n) is 4.70. The van der Waals surface area contributed by atoms with Gasteiger partial charge in [0.1, 0.15) is 0 Å². The molecule has 4 nitrogen and oxygen atoms in total. The van der Waals surface area contributed by atoms with E-state index in [2.05, 4.69) is 4.74 Å². The summed E-state index contributed by atoms with van der Waals surface area (Å²) in [4.78, 5) is 22.2. The molecular formula is C10H15O4+. The Bertz CT molecular complexity index is 236. The molecular weight excluding hydrogens is 184 g/mol. The lowest BCUT2D eigenvalue weighted by Gasteiger charge is -2.11. The van der Waals surface area contributed by atoms with Gasteiger partial charge >= 0.3 is 11.9 Å². The van der Waals surface area contributed by atoms with Gasteiger partial charge in [-0.05, 0) is 0 Å². The third-order valence-corrected chi connectivity index (χ3v) is 2.89. The van der Waals surface area contributed by atoms with Crippen LogP contribution in [0.1, 0.15) is 19.8 Å². The molecule has 0 radical (unpaired) electrons. The van der Waals surface area contributed by atoms with Crippen molar-refractivity contribution in [1.29, 1.82) is 0 Å². The van der Waals surface area contributed by atoms with Gasteiger partial charge in [-0.2, -0.15) is 0 Å². The molecule has 0 bridgehead atoms. The average Bonchev–Trinajstić information content (AvgIpc) is 2.60. The number of hydrogen-bond acceptors (Lipinski definition) is 3. The van der Waals surface area contributed by atoms with Crippen LogP contribution in [0.3, 0.4) is 0 Å². The Morgan fingerprint density at radius 1 is 1.36 bits per heavy atom. The lowest BCUT2D eigenvalue weighted by atomic mass is 9.97. The SMILES string of the molecule is C[CH+]C1CC(C(=O)O)C(C(=O)OC)C1. The van der Waals surface area contributed by atoms with E-state index in [1.54, 1.807) is 0 Å². The highest BCUT2D eigenvalue weighted by Crippen LogP contribution is 2.38. The molecule has 0 aromatic rings. The second-order valence-corrected chi connectivity index (χ2v) is 3.64. The van der Waals surface area contributed by atoms with Crippen molar-refractivity contribution in [3.8, 4) is 0 Å². The predicted molar refractivity (Wildman–Crippen MR) is 49.3 cm³/mol. The highest BCUT2D eigenvalue weighted by Gasteiger charge is 2.45. The van der Waals surface area contributed by atoms with Crippen LogP contribution in [-0.4, -0.2) is 24.2 Å². The number of ether oxygens (including phenoxy) is 1. The van der Waals surface area contributed by atoms with Crippen LogP contribution in [0.5, 0.6) is 0 Å². The van der Waals surface area contributed by atoms with Crippen molar-refractivity contribution in [1.82, 2.24) is 0 Å². The first-order valence-corrected chi connectivity index (χ1v) is 4.70. The van der Waals surface area contributed by atoms with E-state index in [4.69, 9.17) is 5.11 Å². The van der Waals surface area contributed by atoms with Crippen molar-refractivity contribution in [2.75, 3.05) is 7.11 Å². The highest BCUT2D eigenvalue weighted by atomic mass is 16.5. The summed E-state index contributed by atoms with van der Waals surface area (Å²) in [6, 6.07) is 0. The van der Waals surface area contributed by atoms with Crippen LogP contribution in [0.2, 0.25) is 0 Å². The normalized spacial score (nSPS) is 31.1. The first kappa shape index (κ1) is 10.9. The summed E-state index contributed by atoms with van der Waals surface area (Å²) in [7, 11) is 1.30. The van der Waals surface area contributed by atoms with Gasteiger partial charge < -0.3 is 9.84 Å². The number of rotatable bonds is 3. The molecule has 4 heteroatoms. The smallest absolute Gasteiger partial charge is 0.309 e. The Labute approximate surface area is 83.2 Å². The first-order chi connectivity index (χ1) is 6.60. The molecule has 0 aromatic carbocycles. The maximum absolute atomic E-state index is 11.3. The van der Waals surface area contributed by atoms with Crippen LogP contribution in [-0.2, 0) is 14.3 Å². The third kappa shape index (κ3) is 2.00. The molecule has 1 N–H and O–H groups in total. The summed E-state index contributed by atoms with van der Waals surface area (Å²) in [5.41, 5.74) is 0. The molecule has 0 heterocycles. The molecule has 1 rings (SSSR count). The van der Waals surface area contributed by atoms with Gasteiger partial charge in [0.15, 0.2) is 0 Å².